The molecule has 6 aliphatic rings. The molecule has 6 heterocycles. The molecule has 75 heavy (non-hydrogen) atoms. The van der Waals surface area contributed by atoms with E-state index in [1.165, 1.54) is 13.2 Å². The molecule has 0 aromatic heterocycles. The predicted octanol–water partition coefficient (Wildman–Crippen LogP) is 4.75. The highest BCUT2D eigenvalue weighted by Crippen LogP contribution is 2.50. The number of amides is 2. The minimum atomic E-state index is -2.42. The lowest BCUT2D eigenvalue weighted by Crippen LogP contribution is -2.46. The van der Waals surface area contributed by atoms with Crippen LogP contribution in [0.5, 0.6) is 17.2 Å². The van der Waals surface area contributed by atoms with Crippen molar-refractivity contribution in [2.75, 3.05) is 64.3 Å². The first-order valence-corrected chi connectivity index (χ1v) is 26.4. The summed E-state index contributed by atoms with van der Waals surface area (Å²) in [6, 6.07) is 0. The summed E-state index contributed by atoms with van der Waals surface area (Å²) in [4.78, 5) is 70.9. The third-order valence-electron chi connectivity index (χ3n) is 15.5. The van der Waals surface area contributed by atoms with Crippen molar-refractivity contribution in [3.8, 4) is 29.6 Å². The molecule has 2 saturated heterocycles. The number of phenols is 2. The molecule has 0 saturated carbocycles. The second-order valence-electron chi connectivity index (χ2n) is 21.4. The van der Waals surface area contributed by atoms with Gasteiger partial charge >= 0.3 is 11.8 Å². The normalized spacial score (nSPS) is 30.1. The van der Waals surface area contributed by atoms with Crippen molar-refractivity contribution < 1.29 is 58.6 Å². The Kier molecular flexibility index (Phi) is 18.0. The molecular formula is C57H76N6O12. The van der Waals surface area contributed by atoms with Crippen LogP contribution in [-0.4, -0.2) is 143 Å². The van der Waals surface area contributed by atoms with Gasteiger partial charge in [-0.25, -0.2) is 0 Å². The molecule has 9 atom stereocenters. The summed E-state index contributed by atoms with van der Waals surface area (Å²) in [6.45, 7) is 22.4. The van der Waals surface area contributed by atoms with Gasteiger partial charge in [-0.3, -0.25) is 34.1 Å². The van der Waals surface area contributed by atoms with Crippen molar-refractivity contribution in [1.82, 2.24) is 15.1 Å². The van der Waals surface area contributed by atoms with Crippen LogP contribution in [0.3, 0.4) is 0 Å². The Morgan fingerprint density at radius 3 is 2.32 bits per heavy atom. The van der Waals surface area contributed by atoms with Gasteiger partial charge < -0.3 is 54.9 Å². The van der Waals surface area contributed by atoms with Gasteiger partial charge in [0.1, 0.15) is 35.1 Å². The van der Waals surface area contributed by atoms with Crippen LogP contribution >= 0.6 is 0 Å². The molecule has 18 nitrogen and oxygen atoms in total. The monoisotopic (exact) mass is 1040 g/mol. The number of nitrogens with zero attached hydrogens (tertiary/aromatic N) is 4. The molecule has 0 radical (unpaired) electrons. The number of aliphatic hydroxyl groups excluding tert-OH is 2. The number of anilines is 1. The molecule has 406 valence electrons. The number of aromatic hydroxyl groups is 2. The van der Waals surface area contributed by atoms with E-state index in [1.807, 2.05) is 13.0 Å². The first-order chi connectivity index (χ1) is 35.7. The third-order valence-corrected chi connectivity index (χ3v) is 15.5. The van der Waals surface area contributed by atoms with Gasteiger partial charge in [0.05, 0.1) is 48.0 Å². The van der Waals surface area contributed by atoms with Crippen LogP contribution in [0.1, 0.15) is 97.0 Å². The van der Waals surface area contributed by atoms with E-state index in [0.717, 1.165) is 26.2 Å². The van der Waals surface area contributed by atoms with E-state index < -0.39 is 101 Å². The summed E-state index contributed by atoms with van der Waals surface area (Å²) in [6.07, 6.45) is 15.2. The molecule has 2 fully saturated rings. The van der Waals surface area contributed by atoms with Gasteiger partial charge in [0.15, 0.2) is 11.4 Å². The number of hydrogen-bond donors (Lipinski definition) is 6. The van der Waals surface area contributed by atoms with Crippen LogP contribution in [0.4, 0.5) is 5.69 Å². The number of carbonyl (C=O) groups excluding carboxylic acids is 4. The van der Waals surface area contributed by atoms with Crippen LogP contribution in [0, 0.1) is 54.8 Å². The minimum Gasteiger partial charge on any atom is -0.507 e. The smallest absolute Gasteiger partial charge is 0.383 e. The molecule has 2 amide bonds. The summed E-state index contributed by atoms with van der Waals surface area (Å²) >= 11 is 0. The average molecular weight is 1040 g/mol. The molecule has 6 aliphatic heterocycles. The maximum Gasteiger partial charge on any atom is 0.383 e. The number of rotatable bonds is 10. The van der Waals surface area contributed by atoms with E-state index in [4.69, 9.17) is 35.4 Å². The zero-order chi connectivity index (χ0) is 54.5. The lowest BCUT2D eigenvalue weighted by molar-refractivity contribution is -0.162. The van der Waals surface area contributed by atoms with Crippen molar-refractivity contribution >= 4 is 40.0 Å². The highest BCUT2D eigenvalue weighted by molar-refractivity contribution is 6.20. The maximum atomic E-state index is 15.1. The summed E-state index contributed by atoms with van der Waals surface area (Å²) in [5.74, 6) is -6.80. The molecule has 0 unspecified atom stereocenters. The van der Waals surface area contributed by atoms with Gasteiger partial charge in [-0.15, -0.1) is 6.42 Å². The van der Waals surface area contributed by atoms with Crippen molar-refractivity contribution in [3.05, 3.63) is 70.1 Å². The SMILES string of the molecule is C#C[C@@]12O/C=C/[C@H](/C=C/C)[C@@H](C)[C@@H](OC(=O)CC(=O)NCCCN3CCOCC3)[C@H](C)[C@H](O)[C@H](C)[C@@H](O)[C@@H](C)/C=C/C=C(/C)C(=O)Nc3c(O)c4c(O)c(C)c(c(c4c4c3=NC3(CCN(CC(C)C)CC3)N=4)C1=O)O2. The number of phenolic OH excluding ortho intramolecular Hbond substituents is 2. The topological polar surface area (TPSA) is 241 Å². The van der Waals surface area contributed by atoms with Crippen molar-refractivity contribution in [1.29, 1.82) is 0 Å². The van der Waals surface area contributed by atoms with E-state index in [2.05, 4.69) is 40.2 Å². The molecule has 2 aromatic carbocycles. The number of aliphatic hydroxyl groups is 2. The number of hydrogen-bond acceptors (Lipinski definition) is 16. The quantitative estimate of drug-likeness (QED) is 0.0471. The van der Waals surface area contributed by atoms with E-state index in [-0.39, 0.29) is 49.6 Å². The first kappa shape index (κ1) is 56.6. The molecule has 1 spiro atoms. The fourth-order valence-electron chi connectivity index (χ4n) is 10.9. The second-order valence-corrected chi connectivity index (χ2v) is 21.4. The first-order valence-electron chi connectivity index (χ1n) is 26.4. The second kappa shape index (κ2) is 23.8. The summed E-state index contributed by atoms with van der Waals surface area (Å²) in [5.41, 5.74) is -0.951. The fourth-order valence-corrected chi connectivity index (χ4v) is 10.9. The van der Waals surface area contributed by atoms with Gasteiger partial charge in [0, 0.05) is 98.2 Å². The largest absolute Gasteiger partial charge is 0.507 e. The number of ketones is 1. The van der Waals surface area contributed by atoms with Gasteiger partial charge in [0.25, 0.3) is 11.7 Å². The number of allylic oxidation sites excluding steroid dienone is 5. The number of terminal acetylenes is 1. The number of benzene rings is 2. The Labute approximate surface area is 439 Å². The number of morpholine rings is 1. The minimum absolute atomic E-state index is 0.0317. The Bertz CT molecular complexity index is 2800. The Hall–Kier alpha value is -6.10. The summed E-state index contributed by atoms with van der Waals surface area (Å²) in [7, 11) is 0. The Morgan fingerprint density at radius 2 is 1.65 bits per heavy atom. The van der Waals surface area contributed by atoms with E-state index >= 15 is 4.79 Å². The number of likely N-dealkylation sites (tertiary alicyclic amines) is 1. The standard InChI is InChI=1S/C57H76N6O12/c1-11-15-39-18-27-73-57(12-2)54(70)44-42-43(50(68)38(10)53(44)75-57)51(69)47(46-45(42)60-56(61-46)19-23-63(24-20-56)31-32(3)4)59-55(71)34(6)17-13-16-33(5)48(66)36(8)49(67)37(9)52(35(39)7)74-41(65)30-40(64)58-21-14-22-62-25-28-72-29-26-62/h2,11,13,15-18,27,32-33,35-37,39,48-49,52,66-69H,14,19-26,28-31H2,1,3-10H3,(H,58,64)(H,59,71)/b15-11+,16-13+,27-18+,34-17-/t33-,35+,36+,37+,39-,48-,49+,52+,57-/m0/s1. The number of carbonyl (C=O) groups is 4. The Balaban J connectivity index is 1.29. The zero-order valence-corrected chi connectivity index (χ0v) is 44.9. The van der Waals surface area contributed by atoms with Gasteiger partial charge in [-0.2, -0.15) is 0 Å². The lowest BCUT2D eigenvalue weighted by Gasteiger charge is -2.38. The van der Waals surface area contributed by atoms with Gasteiger partial charge in [-0.1, -0.05) is 71.9 Å². The Morgan fingerprint density at radius 1 is 0.960 bits per heavy atom. The maximum absolute atomic E-state index is 15.1. The van der Waals surface area contributed by atoms with Crippen LogP contribution in [0.2, 0.25) is 0 Å². The third kappa shape index (κ3) is 12.0. The van der Waals surface area contributed by atoms with Gasteiger partial charge in [-0.05, 0) is 51.7 Å². The van der Waals surface area contributed by atoms with Crippen molar-refractivity contribution in [3.63, 3.8) is 0 Å². The number of piperidine rings is 1. The van der Waals surface area contributed by atoms with Crippen LogP contribution in [0.25, 0.3) is 10.8 Å². The zero-order valence-electron chi connectivity index (χ0n) is 44.9. The van der Waals surface area contributed by atoms with Gasteiger partial charge in [0.2, 0.25) is 5.91 Å². The molecule has 2 aromatic rings. The molecular weight excluding hydrogens is 961 g/mol. The number of nitrogens with one attached hydrogen (secondary N) is 2. The summed E-state index contributed by atoms with van der Waals surface area (Å²) < 4.78 is 24.1. The number of fused-ring (bicyclic) bond motifs is 13. The van der Waals surface area contributed by atoms with Crippen molar-refractivity contribution in [2.24, 2.45) is 45.5 Å². The van der Waals surface area contributed by atoms with E-state index in [9.17, 15) is 34.8 Å². The van der Waals surface area contributed by atoms with E-state index in [0.29, 0.717) is 58.0 Å². The molecule has 6 N–H and O–H groups in total. The van der Waals surface area contributed by atoms with Crippen molar-refractivity contribution in [2.45, 2.75) is 118 Å². The number of esters is 1. The number of Topliss-reactive ketones (excluding diaryl/α,β-unsaturated/α-hetero) is 1. The summed E-state index contributed by atoms with van der Waals surface area (Å²) in [5, 5.41) is 53.7. The fraction of sp³-hybridized carbons (Fsp3) is 0.579. The van der Waals surface area contributed by atoms with E-state index in [1.54, 1.807) is 65.0 Å². The predicted molar refractivity (Wildman–Crippen MR) is 282 cm³/mol. The van der Waals surface area contributed by atoms with Crippen LogP contribution in [-0.2, 0) is 28.6 Å². The number of ether oxygens (including phenoxy) is 4. The molecule has 5 bridgehead atoms. The molecule has 0 aliphatic carbocycles. The highest BCUT2D eigenvalue weighted by Gasteiger charge is 2.53. The average Bonchev–Trinajstić information content (AvgIpc) is 3.90. The lowest BCUT2D eigenvalue weighted by atomic mass is 9.76. The molecule has 8 rings (SSSR count). The highest BCUT2D eigenvalue weighted by atomic mass is 16.7. The van der Waals surface area contributed by atoms with Crippen LogP contribution < -0.4 is 26.1 Å². The van der Waals surface area contributed by atoms with Crippen LogP contribution in [0.15, 0.2) is 58.3 Å². The molecule has 18 heteroatoms.